The molecule has 0 aliphatic rings. The molecule has 2 aromatic rings. The number of carbonyl (C=O) groups is 2. The van der Waals surface area contributed by atoms with Crippen LogP contribution in [0.1, 0.15) is 24.7 Å². The maximum absolute atomic E-state index is 12.0. The van der Waals surface area contributed by atoms with Gasteiger partial charge in [0.25, 0.3) is 0 Å². The predicted molar refractivity (Wildman–Crippen MR) is 83.7 cm³/mol. The van der Waals surface area contributed by atoms with E-state index in [1.807, 2.05) is 31.2 Å². The first-order valence-electron chi connectivity index (χ1n) is 7.04. The van der Waals surface area contributed by atoms with Crippen LogP contribution in [0, 0.1) is 13.8 Å². The standard InChI is InChI=1S/C16H19N3O3/c1-11-6-4-5-7-14(11)17-16(21)8-9-19(13(3)20)15-10-12(2)22-18-15/h4-7,10H,8-9H2,1-3H3,(H,17,21). The molecule has 2 rings (SSSR count). The Labute approximate surface area is 129 Å². The summed E-state index contributed by atoms with van der Waals surface area (Å²) in [6, 6.07) is 9.21. The summed E-state index contributed by atoms with van der Waals surface area (Å²) in [6.07, 6.45) is 0.180. The van der Waals surface area contributed by atoms with Crippen LogP contribution >= 0.6 is 0 Å². The molecule has 0 saturated carbocycles. The van der Waals surface area contributed by atoms with Crippen LogP contribution in [0.4, 0.5) is 11.5 Å². The fourth-order valence-corrected chi connectivity index (χ4v) is 2.05. The molecule has 1 aromatic heterocycles. The van der Waals surface area contributed by atoms with Gasteiger partial charge in [0.15, 0.2) is 5.82 Å². The number of aryl methyl sites for hydroxylation is 2. The van der Waals surface area contributed by atoms with Gasteiger partial charge < -0.3 is 9.84 Å². The summed E-state index contributed by atoms with van der Waals surface area (Å²) in [6.45, 7) is 5.36. The molecule has 0 aliphatic carbocycles. The Bertz CT molecular complexity index is 679. The fourth-order valence-electron chi connectivity index (χ4n) is 2.05. The summed E-state index contributed by atoms with van der Waals surface area (Å²) < 4.78 is 4.97. The second-order valence-corrected chi connectivity index (χ2v) is 5.08. The van der Waals surface area contributed by atoms with Crippen LogP contribution in [0.15, 0.2) is 34.9 Å². The molecular formula is C16H19N3O3. The largest absolute Gasteiger partial charge is 0.360 e. The molecule has 6 nitrogen and oxygen atoms in total. The van der Waals surface area contributed by atoms with Gasteiger partial charge in [-0.15, -0.1) is 0 Å². The molecule has 0 aliphatic heterocycles. The van der Waals surface area contributed by atoms with Gasteiger partial charge in [0, 0.05) is 31.6 Å². The molecule has 0 bridgehead atoms. The normalized spacial score (nSPS) is 10.3. The number of benzene rings is 1. The monoisotopic (exact) mass is 301 g/mol. The van der Waals surface area contributed by atoms with Gasteiger partial charge in [-0.2, -0.15) is 0 Å². The lowest BCUT2D eigenvalue weighted by atomic mass is 10.2. The summed E-state index contributed by atoms with van der Waals surface area (Å²) in [7, 11) is 0. The molecule has 1 aromatic carbocycles. The number of aromatic nitrogens is 1. The van der Waals surface area contributed by atoms with Crippen LogP contribution in [0.3, 0.4) is 0 Å². The van der Waals surface area contributed by atoms with Crippen molar-refractivity contribution in [2.75, 3.05) is 16.8 Å². The molecule has 0 spiro atoms. The third kappa shape index (κ3) is 3.94. The third-order valence-electron chi connectivity index (χ3n) is 3.25. The maximum Gasteiger partial charge on any atom is 0.226 e. The van der Waals surface area contributed by atoms with Crippen LogP contribution in [-0.2, 0) is 9.59 Å². The average molecular weight is 301 g/mol. The lowest BCUT2D eigenvalue weighted by Gasteiger charge is -2.17. The van der Waals surface area contributed by atoms with Crippen LogP contribution in [0.25, 0.3) is 0 Å². The Kier molecular flexibility index (Phi) is 4.93. The van der Waals surface area contributed by atoms with E-state index in [1.165, 1.54) is 11.8 Å². The maximum atomic E-state index is 12.0. The lowest BCUT2D eigenvalue weighted by Crippen LogP contribution is -2.32. The van der Waals surface area contributed by atoms with Gasteiger partial charge in [-0.3, -0.25) is 14.5 Å². The van der Waals surface area contributed by atoms with Crippen LogP contribution in [0.5, 0.6) is 0 Å². The molecule has 0 radical (unpaired) electrons. The van der Waals surface area contributed by atoms with Crippen molar-refractivity contribution in [2.45, 2.75) is 27.2 Å². The zero-order chi connectivity index (χ0) is 16.1. The molecule has 0 unspecified atom stereocenters. The van der Waals surface area contributed by atoms with Gasteiger partial charge in [0.05, 0.1) is 0 Å². The van der Waals surface area contributed by atoms with Crippen LogP contribution in [0.2, 0.25) is 0 Å². The number of anilines is 2. The van der Waals surface area contributed by atoms with E-state index in [0.29, 0.717) is 11.6 Å². The molecule has 0 saturated heterocycles. The average Bonchev–Trinajstić information content (AvgIpc) is 2.87. The fraction of sp³-hybridized carbons (Fsp3) is 0.312. The first-order chi connectivity index (χ1) is 10.5. The number of amides is 2. The van der Waals surface area contributed by atoms with Crippen molar-refractivity contribution in [2.24, 2.45) is 0 Å². The summed E-state index contributed by atoms with van der Waals surface area (Å²) in [5.41, 5.74) is 1.77. The highest BCUT2D eigenvalue weighted by molar-refractivity contribution is 5.94. The van der Waals surface area contributed by atoms with E-state index in [2.05, 4.69) is 10.5 Å². The summed E-state index contributed by atoms with van der Waals surface area (Å²) in [4.78, 5) is 25.2. The Balaban J connectivity index is 1.96. The smallest absolute Gasteiger partial charge is 0.226 e. The minimum Gasteiger partial charge on any atom is -0.360 e. The van der Waals surface area contributed by atoms with E-state index in [-0.39, 0.29) is 24.8 Å². The Morgan fingerprint density at radius 1 is 1.27 bits per heavy atom. The Morgan fingerprint density at radius 2 is 2.00 bits per heavy atom. The van der Waals surface area contributed by atoms with Crippen molar-refractivity contribution in [1.29, 1.82) is 0 Å². The van der Waals surface area contributed by atoms with Crippen molar-refractivity contribution in [3.63, 3.8) is 0 Å². The van der Waals surface area contributed by atoms with Crippen molar-refractivity contribution < 1.29 is 14.1 Å². The number of nitrogens with one attached hydrogen (secondary N) is 1. The number of para-hydroxylation sites is 1. The third-order valence-corrected chi connectivity index (χ3v) is 3.25. The van der Waals surface area contributed by atoms with Crippen LogP contribution < -0.4 is 10.2 Å². The Hall–Kier alpha value is -2.63. The van der Waals surface area contributed by atoms with Crippen LogP contribution in [-0.4, -0.2) is 23.5 Å². The highest BCUT2D eigenvalue weighted by Gasteiger charge is 2.17. The summed E-state index contributed by atoms with van der Waals surface area (Å²) >= 11 is 0. The molecule has 2 amide bonds. The SMILES string of the molecule is CC(=O)N(CCC(=O)Nc1ccccc1C)c1cc(C)on1. The summed E-state index contributed by atoms with van der Waals surface area (Å²) in [5, 5.41) is 6.65. The summed E-state index contributed by atoms with van der Waals surface area (Å²) in [5.74, 6) is 0.706. The second kappa shape index (κ2) is 6.89. The first kappa shape index (κ1) is 15.8. The number of hydrogen-bond acceptors (Lipinski definition) is 4. The van der Waals surface area contributed by atoms with E-state index in [1.54, 1.807) is 13.0 Å². The van der Waals surface area contributed by atoms with E-state index in [9.17, 15) is 9.59 Å². The molecule has 0 atom stereocenters. The topological polar surface area (TPSA) is 75.4 Å². The van der Waals surface area contributed by atoms with Gasteiger partial charge in [-0.1, -0.05) is 23.4 Å². The van der Waals surface area contributed by atoms with Crippen molar-refractivity contribution >= 4 is 23.3 Å². The second-order valence-electron chi connectivity index (χ2n) is 5.08. The van der Waals surface area contributed by atoms with Crippen molar-refractivity contribution in [1.82, 2.24) is 5.16 Å². The highest BCUT2D eigenvalue weighted by Crippen LogP contribution is 2.16. The zero-order valence-electron chi connectivity index (χ0n) is 12.9. The number of carbonyl (C=O) groups excluding carboxylic acids is 2. The molecular weight excluding hydrogens is 282 g/mol. The molecule has 6 heteroatoms. The van der Waals surface area contributed by atoms with E-state index < -0.39 is 0 Å². The molecule has 116 valence electrons. The molecule has 1 N–H and O–H groups in total. The van der Waals surface area contributed by atoms with Crippen molar-refractivity contribution in [3.05, 3.63) is 41.7 Å². The minimum atomic E-state index is -0.183. The minimum absolute atomic E-state index is 0.152. The molecule has 1 heterocycles. The van der Waals surface area contributed by atoms with Gasteiger partial charge in [-0.25, -0.2) is 0 Å². The predicted octanol–water partition coefficient (Wildman–Crippen LogP) is 2.67. The lowest BCUT2D eigenvalue weighted by molar-refractivity contribution is -0.117. The number of hydrogen-bond donors (Lipinski definition) is 1. The first-order valence-corrected chi connectivity index (χ1v) is 7.04. The zero-order valence-corrected chi connectivity index (χ0v) is 12.9. The number of nitrogens with zero attached hydrogens (tertiary/aromatic N) is 2. The quantitative estimate of drug-likeness (QED) is 0.921. The van der Waals surface area contributed by atoms with E-state index >= 15 is 0 Å². The molecule has 0 fully saturated rings. The van der Waals surface area contributed by atoms with Gasteiger partial charge >= 0.3 is 0 Å². The van der Waals surface area contributed by atoms with Gasteiger partial charge in [0.2, 0.25) is 11.8 Å². The van der Waals surface area contributed by atoms with Gasteiger partial charge in [0.1, 0.15) is 5.76 Å². The van der Waals surface area contributed by atoms with Gasteiger partial charge in [-0.05, 0) is 25.5 Å². The highest BCUT2D eigenvalue weighted by atomic mass is 16.5. The van der Waals surface area contributed by atoms with E-state index in [0.717, 1.165) is 11.3 Å². The van der Waals surface area contributed by atoms with Crippen molar-refractivity contribution in [3.8, 4) is 0 Å². The van der Waals surface area contributed by atoms with E-state index in [4.69, 9.17) is 4.52 Å². The number of rotatable bonds is 5. The Morgan fingerprint density at radius 3 is 2.59 bits per heavy atom. The molecule has 22 heavy (non-hydrogen) atoms.